The summed E-state index contributed by atoms with van der Waals surface area (Å²) in [5, 5.41) is 2.87. The average Bonchev–Trinajstić information content (AvgIpc) is 2.49. The molecule has 2 aromatic carbocycles. The van der Waals surface area contributed by atoms with Gasteiger partial charge in [0.05, 0.1) is 5.92 Å². The van der Waals surface area contributed by atoms with E-state index in [-0.39, 0.29) is 17.6 Å². The van der Waals surface area contributed by atoms with E-state index in [9.17, 15) is 9.18 Å². The summed E-state index contributed by atoms with van der Waals surface area (Å²) in [5.74, 6) is -0.417. The molecule has 0 saturated carbocycles. The lowest BCUT2D eigenvalue weighted by atomic mass is 9.82. The summed E-state index contributed by atoms with van der Waals surface area (Å²) in [4.78, 5) is 12.4. The Kier molecular flexibility index (Phi) is 3.50. The average molecular weight is 269 g/mol. The van der Waals surface area contributed by atoms with Gasteiger partial charge >= 0.3 is 0 Å². The molecular weight excluding hydrogens is 253 g/mol. The third kappa shape index (κ3) is 2.57. The Hall–Kier alpha value is -2.16. The van der Waals surface area contributed by atoms with Crippen LogP contribution < -0.4 is 5.32 Å². The lowest BCUT2D eigenvalue weighted by Crippen LogP contribution is -2.24. The number of anilines is 1. The van der Waals surface area contributed by atoms with Crippen LogP contribution in [0.1, 0.15) is 29.9 Å². The van der Waals surface area contributed by atoms with Gasteiger partial charge in [-0.05, 0) is 54.7 Å². The van der Waals surface area contributed by atoms with Gasteiger partial charge in [0, 0.05) is 5.69 Å². The van der Waals surface area contributed by atoms with Crippen molar-refractivity contribution >= 4 is 11.6 Å². The normalized spacial score (nSPS) is 17.4. The van der Waals surface area contributed by atoms with E-state index in [2.05, 4.69) is 11.4 Å². The van der Waals surface area contributed by atoms with Crippen molar-refractivity contribution in [2.24, 2.45) is 0 Å². The van der Waals surface area contributed by atoms with Gasteiger partial charge in [0.15, 0.2) is 0 Å². The minimum atomic E-state index is -0.300. The number of nitrogens with one attached hydrogen (secondary N) is 1. The van der Waals surface area contributed by atoms with Gasteiger partial charge in [-0.15, -0.1) is 0 Å². The van der Waals surface area contributed by atoms with E-state index in [1.54, 1.807) is 12.1 Å². The fourth-order valence-electron chi connectivity index (χ4n) is 2.79. The predicted octanol–water partition coefficient (Wildman–Crippen LogP) is 3.88. The predicted molar refractivity (Wildman–Crippen MR) is 77.2 cm³/mol. The summed E-state index contributed by atoms with van der Waals surface area (Å²) in [6.07, 6.45) is 2.93. The van der Waals surface area contributed by atoms with Crippen molar-refractivity contribution in [2.45, 2.75) is 25.2 Å². The van der Waals surface area contributed by atoms with E-state index < -0.39 is 0 Å². The zero-order chi connectivity index (χ0) is 13.9. The molecule has 0 bridgehead atoms. The third-order valence-electron chi connectivity index (χ3n) is 3.80. The topological polar surface area (TPSA) is 29.1 Å². The van der Waals surface area contributed by atoms with Crippen molar-refractivity contribution in [3.8, 4) is 0 Å². The highest BCUT2D eigenvalue weighted by molar-refractivity contribution is 5.96. The maximum absolute atomic E-state index is 12.9. The summed E-state index contributed by atoms with van der Waals surface area (Å²) in [6.45, 7) is 0. The van der Waals surface area contributed by atoms with Crippen LogP contribution in [0.3, 0.4) is 0 Å². The minimum Gasteiger partial charge on any atom is -0.326 e. The van der Waals surface area contributed by atoms with E-state index in [1.807, 2.05) is 18.2 Å². The van der Waals surface area contributed by atoms with Gasteiger partial charge in [-0.1, -0.05) is 24.3 Å². The zero-order valence-corrected chi connectivity index (χ0v) is 11.1. The van der Waals surface area contributed by atoms with Crippen LogP contribution in [0.5, 0.6) is 0 Å². The molecule has 3 heteroatoms. The third-order valence-corrected chi connectivity index (χ3v) is 3.80. The van der Waals surface area contributed by atoms with Crippen LogP contribution in [0.15, 0.2) is 48.5 Å². The van der Waals surface area contributed by atoms with Crippen molar-refractivity contribution in [3.63, 3.8) is 0 Å². The fourth-order valence-corrected chi connectivity index (χ4v) is 2.79. The highest BCUT2D eigenvalue weighted by Gasteiger charge is 2.26. The quantitative estimate of drug-likeness (QED) is 0.880. The van der Waals surface area contributed by atoms with Gasteiger partial charge in [0.1, 0.15) is 5.82 Å². The molecule has 1 aliphatic carbocycles. The Morgan fingerprint density at radius 1 is 1.10 bits per heavy atom. The van der Waals surface area contributed by atoms with Crippen LogP contribution in [0.2, 0.25) is 0 Å². The van der Waals surface area contributed by atoms with Crippen LogP contribution >= 0.6 is 0 Å². The first kappa shape index (κ1) is 12.9. The lowest BCUT2D eigenvalue weighted by molar-refractivity contribution is -0.117. The van der Waals surface area contributed by atoms with Crippen molar-refractivity contribution in [1.82, 2.24) is 0 Å². The summed E-state index contributed by atoms with van der Waals surface area (Å²) in [5.41, 5.74) is 3.02. The Morgan fingerprint density at radius 2 is 1.85 bits per heavy atom. The highest BCUT2D eigenvalue weighted by atomic mass is 19.1. The molecule has 0 fully saturated rings. The minimum absolute atomic E-state index is 0.0104. The second-order valence-electron chi connectivity index (χ2n) is 5.14. The van der Waals surface area contributed by atoms with Crippen LogP contribution in [0.4, 0.5) is 10.1 Å². The smallest absolute Gasteiger partial charge is 0.231 e. The van der Waals surface area contributed by atoms with Gasteiger partial charge in [-0.3, -0.25) is 4.79 Å². The largest absolute Gasteiger partial charge is 0.326 e. The number of hydrogen-bond donors (Lipinski definition) is 1. The van der Waals surface area contributed by atoms with E-state index in [0.29, 0.717) is 5.69 Å². The number of hydrogen-bond acceptors (Lipinski definition) is 1. The molecule has 0 spiro atoms. The number of halogens is 1. The SMILES string of the molecule is O=C(Nc1ccc(F)cc1)C1CCCc2ccccc21. The van der Waals surface area contributed by atoms with Crippen LogP contribution in [0, 0.1) is 5.82 Å². The Balaban J connectivity index is 1.80. The van der Waals surface area contributed by atoms with E-state index in [1.165, 1.54) is 17.7 Å². The fraction of sp³-hybridized carbons (Fsp3) is 0.235. The second-order valence-corrected chi connectivity index (χ2v) is 5.14. The van der Waals surface area contributed by atoms with Gasteiger partial charge in [0.25, 0.3) is 0 Å². The molecular formula is C17H16FNO. The Bertz CT molecular complexity index is 621. The number of carbonyl (C=O) groups excluding carboxylic acids is 1. The molecule has 3 rings (SSSR count). The summed E-state index contributed by atoms with van der Waals surface area (Å²) in [6, 6.07) is 14.0. The molecule has 2 nitrogen and oxygen atoms in total. The molecule has 1 unspecified atom stereocenters. The Labute approximate surface area is 117 Å². The van der Waals surface area contributed by atoms with Crippen molar-refractivity contribution < 1.29 is 9.18 Å². The van der Waals surface area contributed by atoms with Gasteiger partial charge in [-0.2, -0.15) is 0 Å². The molecule has 2 aromatic rings. The molecule has 1 N–H and O–H groups in total. The second kappa shape index (κ2) is 5.45. The molecule has 1 aliphatic rings. The first-order valence-corrected chi connectivity index (χ1v) is 6.88. The van der Waals surface area contributed by atoms with Crippen LogP contribution in [-0.2, 0) is 11.2 Å². The maximum Gasteiger partial charge on any atom is 0.231 e. The van der Waals surface area contributed by atoms with Crippen molar-refractivity contribution in [2.75, 3.05) is 5.32 Å². The first-order chi connectivity index (χ1) is 9.74. The monoisotopic (exact) mass is 269 g/mol. The first-order valence-electron chi connectivity index (χ1n) is 6.88. The highest BCUT2D eigenvalue weighted by Crippen LogP contribution is 2.32. The number of rotatable bonds is 2. The standard InChI is InChI=1S/C17H16FNO/c18-13-8-10-14(11-9-13)19-17(20)16-7-3-5-12-4-1-2-6-15(12)16/h1-2,4,6,8-11,16H,3,5,7H2,(H,19,20). The van der Waals surface area contributed by atoms with Gasteiger partial charge in [-0.25, -0.2) is 4.39 Å². The molecule has 102 valence electrons. The molecule has 0 radical (unpaired) electrons. The molecule has 0 aromatic heterocycles. The molecule has 1 atom stereocenters. The number of benzene rings is 2. The number of fused-ring (bicyclic) bond motifs is 1. The molecule has 0 heterocycles. The Morgan fingerprint density at radius 3 is 2.65 bits per heavy atom. The molecule has 0 saturated heterocycles. The zero-order valence-electron chi connectivity index (χ0n) is 11.1. The van der Waals surface area contributed by atoms with Gasteiger partial charge in [0.2, 0.25) is 5.91 Å². The molecule has 0 aliphatic heterocycles. The summed E-state index contributed by atoms with van der Waals surface area (Å²) in [7, 11) is 0. The summed E-state index contributed by atoms with van der Waals surface area (Å²) >= 11 is 0. The number of amides is 1. The maximum atomic E-state index is 12.9. The van der Waals surface area contributed by atoms with Crippen molar-refractivity contribution in [3.05, 3.63) is 65.5 Å². The van der Waals surface area contributed by atoms with Gasteiger partial charge < -0.3 is 5.32 Å². The van der Waals surface area contributed by atoms with Crippen molar-refractivity contribution in [1.29, 1.82) is 0 Å². The molecule has 20 heavy (non-hydrogen) atoms. The van der Waals surface area contributed by atoms with E-state index in [4.69, 9.17) is 0 Å². The van der Waals surface area contributed by atoms with Crippen LogP contribution in [0.25, 0.3) is 0 Å². The number of carbonyl (C=O) groups is 1. The van der Waals surface area contributed by atoms with E-state index >= 15 is 0 Å². The lowest BCUT2D eigenvalue weighted by Gasteiger charge is -2.24. The summed E-state index contributed by atoms with van der Waals surface area (Å²) < 4.78 is 12.9. The molecule has 1 amide bonds. The number of aryl methyl sites for hydroxylation is 1. The van der Waals surface area contributed by atoms with E-state index in [0.717, 1.165) is 24.8 Å². The van der Waals surface area contributed by atoms with Crippen LogP contribution in [-0.4, -0.2) is 5.91 Å².